The number of aliphatic hydroxyl groups excluding tert-OH is 1. The summed E-state index contributed by atoms with van der Waals surface area (Å²) in [5, 5.41) is 13.0. The summed E-state index contributed by atoms with van der Waals surface area (Å²) in [5.41, 5.74) is 0.00993. The molecule has 1 atom stereocenters. The number of likely N-dealkylation sites (N-methyl/N-ethyl adjacent to an activating group) is 1. The van der Waals surface area contributed by atoms with E-state index in [0.717, 1.165) is 19.5 Å². The van der Waals surface area contributed by atoms with Gasteiger partial charge in [-0.15, -0.1) is 0 Å². The summed E-state index contributed by atoms with van der Waals surface area (Å²) in [6.07, 6.45) is 3.59. The molecule has 14 heavy (non-hydrogen) atoms. The number of rotatable bonds is 7. The Morgan fingerprint density at radius 1 is 1.43 bits per heavy atom. The molecular weight excluding hydrogens is 176 g/mol. The number of hydrogen-bond acceptors (Lipinski definition) is 3. The van der Waals surface area contributed by atoms with E-state index in [9.17, 15) is 5.11 Å². The molecule has 84 valence electrons. The molecule has 1 aliphatic rings. The van der Waals surface area contributed by atoms with E-state index in [0.29, 0.717) is 5.92 Å². The molecule has 1 saturated carbocycles. The number of aliphatic hydroxyl groups is 1. The average molecular weight is 200 g/mol. The molecule has 0 aliphatic heterocycles. The third kappa shape index (κ3) is 2.94. The van der Waals surface area contributed by atoms with Crippen LogP contribution in [0.3, 0.4) is 0 Å². The molecule has 0 bridgehead atoms. The highest BCUT2D eigenvalue weighted by Crippen LogP contribution is 2.41. The third-order valence-electron chi connectivity index (χ3n) is 3.31. The van der Waals surface area contributed by atoms with Crippen LogP contribution < -0.4 is 5.32 Å². The van der Waals surface area contributed by atoms with E-state index in [1.807, 2.05) is 0 Å². The largest absolute Gasteiger partial charge is 0.394 e. The van der Waals surface area contributed by atoms with Gasteiger partial charge in [0.2, 0.25) is 0 Å². The minimum absolute atomic E-state index is 0.00993. The van der Waals surface area contributed by atoms with Gasteiger partial charge < -0.3 is 15.3 Å². The van der Waals surface area contributed by atoms with Crippen LogP contribution in [0.15, 0.2) is 0 Å². The highest BCUT2D eigenvalue weighted by Gasteiger charge is 2.42. The lowest BCUT2D eigenvalue weighted by Gasteiger charge is -2.33. The van der Waals surface area contributed by atoms with Gasteiger partial charge in [-0.1, -0.05) is 6.92 Å². The second kappa shape index (κ2) is 5.10. The Hall–Kier alpha value is -0.120. The van der Waals surface area contributed by atoms with Crippen molar-refractivity contribution in [3.05, 3.63) is 0 Å². The quantitative estimate of drug-likeness (QED) is 0.634. The maximum Gasteiger partial charge on any atom is 0.0615 e. The highest BCUT2D eigenvalue weighted by atomic mass is 16.3. The summed E-state index contributed by atoms with van der Waals surface area (Å²) in [5.74, 6) is 0.708. The summed E-state index contributed by atoms with van der Waals surface area (Å²) in [4.78, 5) is 2.16. The normalized spacial score (nSPS) is 21.2. The zero-order valence-corrected chi connectivity index (χ0v) is 9.71. The molecule has 3 nitrogen and oxygen atoms in total. The van der Waals surface area contributed by atoms with E-state index in [4.69, 9.17) is 0 Å². The standard InChI is InChI=1S/C11H24N2O/c1-4-11(9-14,10-5-6-10)12-7-8-13(2)3/h10,12,14H,4-9H2,1-3H3. The van der Waals surface area contributed by atoms with Crippen molar-refractivity contribution in [2.24, 2.45) is 5.92 Å². The Bertz CT molecular complexity index is 163. The van der Waals surface area contributed by atoms with Crippen LogP contribution >= 0.6 is 0 Å². The van der Waals surface area contributed by atoms with Crippen LogP contribution in [0.4, 0.5) is 0 Å². The van der Waals surface area contributed by atoms with Crippen molar-refractivity contribution in [1.29, 1.82) is 0 Å². The van der Waals surface area contributed by atoms with E-state index >= 15 is 0 Å². The first-order chi connectivity index (χ1) is 6.64. The minimum Gasteiger partial charge on any atom is -0.394 e. The number of nitrogens with one attached hydrogen (secondary N) is 1. The average Bonchev–Trinajstić information content (AvgIpc) is 2.96. The molecule has 0 heterocycles. The summed E-state index contributed by atoms with van der Waals surface area (Å²) in [6.45, 7) is 4.45. The van der Waals surface area contributed by atoms with E-state index in [2.05, 4.69) is 31.2 Å². The first-order valence-corrected chi connectivity index (χ1v) is 5.65. The topological polar surface area (TPSA) is 35.5 Å². The molecule has 1 aliphatic carbocycles. The fraction of sp³-hybridized carbons (Fsp3) is 1.00. The van der Waals surface area contributed by atoms with Crippen molar-refractivity contribution in [2.75, 3.05) is 33.8 Å². The van der Waals surface area contributed by atoms with Gasteiger partial charge in [0.25, 0.3) is 0 Å². The van der Waals surface area contributed by atoms with Gasteiger partial charge in [0.15, 0.2) is 0 Å². The predicted octanol–water partition coefficient (Wildman–Crippen LogP) is 0.689. The molecule has 0 saturated heterocycles. The van der Waals surface area contributed by atoms with Crippen LogP contribution in [-0.4, -0.2) is 49.3 Å². The van der Waals surface area contributed by atoms with Gasteiger partial charge in [-0.2, -0.15) is 0 Å². The van der Waals surface area contributed by atoms with E-state index in [-0.39, 0.29) is 12.1 Å². The van der Waals surface area contributed by atoms with Gasteiger partial charge >= 0.3 is 0 Å². The maximum absolute atomic E-state index is 9.48. The summed E-state index contributed by atoms with van der Waals surface area (Å²) in [7, 11) is 4.15. The van der Waals surface area contributed by atoms with Crippen molar-refractivity contribution < 1.29 is 5.11 Å². The Kier molecular flexibility index (Phi) is 4.35. The van der Waals surface area contributed by atoms with Crippen LogP contribution in [-0.2, 0) is 0 Å². The third-order valence-corrected chi connectivity index (χ3v) is 3.31. The van der Waals surface area contributed by atoms with Gasteiger partial charge in [0, 0.05) is 18.6 Å². The molecule has 1 rings (SSSR count). The molecule has 2 N–H and O–H groups in total. The van der Waals surface area contributed by atoms with Gasteiger partial charge in [0.1, 0.15) is 0 Å². The van der Waals surface area contributed by atoms with E-state index in [1.165, 1.54) is 12.8 Å². The number of nitrogens with zero attached hydrogens (tertiary/aromatic N) is 1. The Balaban J connectivity index is 2.34. The van der Waals surface area contributed by atoms with Crippen molar-refractivity contribution in [2.45, 2.75) is 31.7 Å². The van der Waals surface area contributed by atoms with Crippen molar-refractivity contribution >= 4 is 0 Å². The lowest BCUT2D eigenvalue weighted by molar-refractivity contribution is 0.133. The molecule has 1 fully saturated rings. The van der Waals surface area contributed by atoms with Gasteiger partial charge in [0.05, 0.1) is 6.61 Å². The molecule has 0 spiro atoms. The molecule has 1 unspecified atom stereocenters. The van der Waals surface area contributed by atoms with Crippen LogP contribution in [0, 0.1) is 5.92 Å². The van der Waals surface area contributed by atoms with Gasteiger partial charge in [-0.3, -0.25) is 0 Å². The highest BCUT2D eigenvalue weighted by molar-refractivity contribution is 4.99. The van der Waals surface area contributed by atoms with E-state index < -0.39 is 0 Å². The van der Waals surface area contributed by atoms with Crippen molar-refractivity contribution in [3.63, 3.8) is 0 Å². The maximum atomic E-state index is 9.48. The van der Waals surface area contributed by atoms with Crippen LogP contribution in [0.1, 0.15) is 26.2 Å². The second-order valence-corrected chi connectivity index (χ2v) is 4.67. The van der Waals surface area contributed by atoms with Crippen LogP contribution in [0.2, 0.25) is 0 Å². The predicted molar refractivity (Wildman–Crippen MR) is 59.4 cm³/mol. The number of hydrogen-bond donors (Lipinski definition) is 2. The minimum atomic E-state index is 0.00993. The monoisotopic (exact) mass is 200 g/mol. The Morgan fingerprint density at radius 3 is 2.43 bits per heavy atom. The second-order valence-electron chi connectivity index (χ2n) is 4.67. The Labute approximate surface area is 87.5 Å². The zero-order chi connectivity index (χ0) is 10.6. The smallest absolute Gasteiger partial charge is 0.0615 e. The lowest BCUT2D eigenvalue weighted by atomic mass is 9.91. The van der Waals surface area contributed by atoms with E-state index in [1.54, 1.807) is 0 Å². The van der Waals surface area contributed by atoms with Crippen LogP contribution in [0.25, 0.3) is 0 Å². The molecule has 0 radical (unpaired) electrons. The molecular formula is C11H24N2O. The summed E-state index contributed by atoms with van der Waals surface area (Å²) < 4.78 is 0. The fourth-order valence-electron chi connectivity index (χ4n) is 2.02. The molecule has 0 aromatic heterocycles. The molecule has 0 aromatic rings. The van der Waals surface area contributed by atoms with Crippen molar-refractivity contribution in [1.82, 2.24) is 10.2 Å². The Morgan fingerprint density at radius 2 is 2.07 bits per heavy atom. The zero-order valence-electron chi connectivity index (χ0n) is 9.71. The molecule has 0 amide bonds. The van der Waals surface area contributed by atoms with Crippen LogP contribution in [0.5, 0.6) is 0 Å². The van der Waals surface area contributed by atoms with Crippen molar-refractivity contribution in [3.8, 4) is 0 Å². The molecule has 0 aromatic carbocycles. The first-order valence-electron chi connectivity index (χ1n) is 5.65. The van der Waals surface area contributed by atoms with Gasteiger partial charge in [-0.25, -0.2) is 0 Å². The van der Waals surface area contributed by atoms with Gasteiger partial charge in [-0.05, 0) is 39.3 Å². The summed E-state index contributed by atoms with van der Waals surface area (Å²) in [6, 6.07) is 0. The lowest BCUT2D eigenvalue weighted by Crippen LogP contribution is -2.51. The SMILES string of the molecule is CCC(CO)(NCCN(C)C)C1CC1. The fourth-order valence-corrected chi connectivity index (χ4v) is 2.02. The molecule has 3 heteroatoms. The summed E-state index contributed by atoms with van der Waals surface area (Å²) >= 11 is 0. The first kappa shape index (κ1) is 12.0.